The monoisotopic (exact) mass is 420 g/mol. The van der Waals surface area contributed by atoms with Gasteiger partial charge in [-0.25, -0.2) is 0 Å². The molecular formula is C12H11Br3N2. The molecule has 90 valence electrons. The summed E-state index contributed by atoms with van der Waals surface area (Å²) < 4.78 is -0.316. The Morgan fingerprint density at radius 2 is 1.94 bits per heavy atom. The van der Waals surface area contributed by atoms with Crippen LogP contribution in [0.5, 0.6) is 0 Å². The number of rotatable bonds is 0. The third-order valence-corrected chi connectivity index (χ3v) is 4.56. The van der Waals surface area contributed by atoms with Crippen molar-refractivity contribution in [3.05, 3.63) is 35.5 Å². The first-order valence-electron chi connectivity index (χ1n) is 5.47. The van der Waals surface area contributed by atoms with E-state index in [2.05, 4.69) is 82.4 Å². The van der Waals surface area contributed by atoms with Crippen LogP contribution in [0.25, 0.3) is 10.9 Å². The Morgan fingerprint density at radius 3 is 2.71 bits per heavy atom. The normalized spacial score (nSPS) is 20.5. The van der Waals surface area contributed by atoms with Crippen LogP contribution in [0.3, 0.4) is 0 Å². The standard InChI is InChI=1S/C12H11Br3N2/c13-12(14,15)11-10-8(5-6-16-11)7-3-1-2-4-9(7)17-10/h1-4,11,16-17H,5-6H2. The van der Waals surface area contributed by atoms with Crippen LogP contribution in [0.4, 0.5) is 0 Å². The molecule has 2 heterocycles. The lowest BCUT2D eigenvalue weighted by molar-refractivity contribution is 0.523. The van der Waals surface area contributed by atoms with Crippen molar-refractivity contribution in [2.24, 2.45) is 0 Å². The molecule has 2 N–H and O–H groups in total. The zero-order valence-electron chi connectivity index (χ0n) is 8.93. The van der Waals surface area contributed by atoms with E-state index in [1.54, 1.807) is 0 Å². The maximum Gasteiger partial charge on any atom is 0.155 e. The van der Waals surface area contributed by atoms with Crippen molar-refractivity contribution in [2.75, 3.05) is 6.54 Å². The summed E-state index contributed by atoms with van der Waals surface area (Å²) in [5, 5.41) is 4.84. The van der Waals surface area contributed by atoms with Gasteiger partial charge in [-0.1, -0.05) is 66.0 Å². The number of hydrogen-bond donors (Lipinski definition) is 2. The quantitative estimate of drug-likeness (QED) is 0.612. The fraction of sp³-hybridized carbons (Fsp3) is 0.333. The molecule has 5 heteroatoms. The summed E-state index contributed by atoms with van der Waals surface area (Å²) in [4.78, 5) is 3.52. The number of hydrogen-bond acceptors (Lipinski definition) is 1. The predicted molar refractivity (Wildman–Crippen MR) is 82.3 cm³/mol. The van der Waals surface area contributed by atoms with Gasteiger partial charge in [-0.3, -0.25) is 0 Å². The molecular weight excluding hydrogens is 412 g/mol. The fourth-order valence-corrected chi connectivity index (χ4v) is 3.63. The molecule has 0 fully saturated rings. The molecule has 0 saturated heterocycles. The summed E-state index contributed by atoms with van der Waals surface area (Å²) in [5.41, 5.74) is 3.89. The van der Waals surface area contributed by atoms with E-state index in [1.807, 2.05) is 0 Å². The van der Waals surface area contributed by atoms with Crippen LogP contribution >= 0.6 is 47.8 Å². The zero-order valence-corrected chi connectivity index (χ0v) is 13.7. The number of aromatic amines is 1. The average Bonchev–Trinajstić information content (AvgIpc) is 2.65. The summed E-state index contributed by atoms with van der Waals surface area (Å²) in [6.07, 6.45) is 1.07. The summed E-state index contributed by atoms with van der Waals surface area (Å²) in [7, 11) is 0. The van der Waals surface area contributed by atoms with Gasteiger partial charge in [0, 0.05) is 16.6 Å². The van der Waals surface area contributed by atoms with E-state index >= 15 is 0 Å². The van der Waals surface area contributed by atoms with Gasteiger partial charge in [0.05, 0.1) is 6.04 Å². The molecule has 0 aliphatic carbocycles. The third kappa shape index (κ3) is 2.11. The van der Waals surface area contributed by atoms with E-state index < -0.39 is 0 Å². The lowest BCUT2D eigenvalue weighted by Gasteiger charge is -2.30. The van der Waals surface area contributed by atoms with Crippen molar-refractivity contribution < 1.29 is 0 Å². The summed E-state index contributed by atoms with van der Waals surface area (Å²) >= 11 is 10.9. The molecule has 0 spiro atoms. The molecule has 0 bridgehead atoms. The summed E-state index contributed by atoms with van der Waals surface area (Å²) in [6.45, 7) is 0.990. The van der Waals surface area contributed by atoms with Gasteiger partial charge in [0.25, 0.3) is 0 Å². The van der Waals surface area contributed by atoms with Crippen LogP contribution in [0, 0.1) is 0 Å². The highest BCUT2D eigenvalue weighted by atomic mass is 80.0. The van der Waals surface area contributed by atoms with E-state index in [-0.39, 0.29) is 8.18 Å². The summed E-state index contributed by atoms with van der Waals surface area (Å²) in [6, 6.07) is 8.65. The molecule has 1 atom stereocenters. The first-order valence-corrected chi connectivity index (χ1v) is 7.85. The van der Waals surface area contributed by atoms with Crippen LogP contribution in [-0.4, -0.2) is 13.7 Å². The van der Waals surface area contributed by atoms with Gasteiger partial charge in [0.2, 0.25) is 0 Å². The second kappa shape index (κ2) is 4.37. The van der Waals surface area contributed by atoms with Crippen molar-refractivity contribution in [3.63, 3.8) is 0 Å². The van der Waals surface area contributed by atoms with Gasteiger partial charge in [-0.05, 0) is 24.6 Å². The largest absolute Gasteiger partial charge is 0.357 e. The highest BCUT2D eigenvalue weighted by Gasteiger charge is 2.36. The minimum atomic E-state index is -0.316. The molecule has 1 aliphatic rings. The Labute approximate surface area is 125 Å². The van der Waals surface area contributed by atoms with Gasteiger partial charge in [0.15, 0.2) is 2.14 Å². The molecule has 1 aromatic heterocycles. The number of H-pyrrole nitrogens is 1. The Bertz CT molecular complexity index is 556. The topological polar surface area (TPSA) is 27.8 Å². The highest BCUT2D eigenvalue weighted by Crippen LogP contribution is 2.47. The van der Waals surface area contributed by atoms with Gasteiger partial charge >= 0.3 is 0 Å². The van der Waals surface area contributed by atoms with Gasteiger partial charge in [-0.15, -0.1) is 0 Å². The molecule has 1 aliphatic heterocycles. The Balaban J connectivity index is 2.21. The number of aromatic nitrogens is 1. The van der Waals surface area contributed by atoms with Gasteiger partial charge < -0.3 is 10.3 Å². The molecule has 1 aromatic carbocycles. The molecule has 17 heavy (non-hydrogen) atoms. The zero-order chi connectivity index (χ0) is 12.0. The lowest BCUT2D eigenvalue weighted by atomic mass is 10.0. The molecule has 0 radical (unpaired) electrons. The van der Waals surface area contributed by atoms with Crippen molar-refractivity contribution in [1.82, 2.24) is 10.3 Å². The number of benzene rings is 1. The van der Waals surface area contributed by atoms with Crippen molar-refractivity contribution >= 4 is 58.7 Å². The molecule has 2 aromatic rings. The smallest absolute Gasteiger partial charge is 0.155 e. The first-order chi connectivity index (χ1) is 8.07. The fourth-order valence-electron chi connectivity index (χ4n) is 2.46. The lowest BCUT2D eigenvalue weighted by Crippen LogP contribution is -2.36. The van der Waals surface area contributed by atoms with E-state index in [0.29, 0.717) is 0 Å². The molecule has 2 nitrogen and oxygen atoms in total. The number of fused-ring (bicyclic) bond motifs is 3. The predicted octanol–water partition coefficient (Wildman–Crippen LogP) is 4.19. The number of nitrogens with one attached hydrogen (secondary N) is 2. The minimum absolute atomic E-state index is 0.179. The molecule has 0 saturated carbocycles. The van der Waals surface area contributed by atoms with E-state index in [4.69, 9.17) is 0 Å². The van der Waals surface area contributed by atoms with Crippen LogP contribution < -0.4 is 5.32 Å². The van der Waals surface area contributed by atoms with Gasteiger partial charge in [0.1, 0.15) is 0 Å². The van der Waals surface area contributed by atoms with Crippen LogP contribution in [0.1, 0.15) is 17.3 Å². The van der Waals surface area contributed by atoms with E-state index in [0.717, 1.165) is 13.0 Å². The number of para-hydroxylation sites is 1. The third-order valence-electron chi connectivity index (χ3n) is 3.19. The SMILES string of the molecule is BrC(Br)(Br)C1NCCc2c1[nH]c1ccccc21. The van der Waals surface area contributed by atoms with Gasteiger partial charge in [-0.2, -0.15) is 0 Å². The Kier molecular flexibility index (Phi) is 3.14. The molecule has 0 amide bonds. The second-order valence-corrected chi connectivity index (χ2v) is 11.2. The van der Waals surface area contributed by atoms with Crippen molar-refractivity contribution in [3.8, 4) is 0 Å². The average molecular weight is 423 g/mol. The summed E-state index contributed by atoms with van der Waals surface area (Å²) in [5.74, 6) is 0. The first kappa shape index (κ1) is 12.2. The van der Waals surface area contributed by atoms with Crippen LogP contribution in [-0.2, 0) is 6.42 Å². The minimum Gasteiger partial charge on any atom is -0.357 e. The second-order valence-electron chi connectivity index (χ2n) is 4.24. The maximum absolute atomic E-state index is 3.62. The van der Waals surface area contributed by atoms with Crippen LogP contribution in [0.15, 0.2) is 24.3 Å². The van der Waals surface area contributed by atoms with E-state index in [1.165, 1.54) is 22.2 Å². The molecule has 3 rings (SSSR count). The molecule has 1 unspecified atom stereocenters. The number of alkyl halides is 3. The maximum atomic E-state index is 3.62. The van der Waals surface area contributed by atoms with E-state index in [9.17, 15) is 0 Å². The van der Waals surface area contributed by atoms with Crippen LogP contribution in [0.2, 0.25) is 0 Å². The van der Waals surface area contributed by atoms with Crippen molar-refractivity contribution in [2.45, 2.75) is 14.6 Å². The Hall–Kier alpha value is 0.160. The highest BCUT2D eigenvalue weighted by molar-refractivity contribution is 9.39. The Morgan fingerprint density at radius 1 is 1.18 bits per heavy atom. The van der Waals surface area contributed by atoms with Crippen molar-refractivity contribution in [1.29, 1.82) is 0 Å². The number of halogens is 3.